The quantitative estimate of drug-likeness (QED) is 0.739. The zero-order valence-corrected chi connectivity index (χ0v) is 10.2. The number of aromatic nitrogens is 5. The van der Waals surface area contributed by atoms with Crippen LogP contribution in [0, 0.1) is 0 Å². The highest BCUT2D eigenvalue weighted by Crippen LogP contribution is 2.08. The van der Waals surface area contributed by atoms with Crippen molar-refractivity contribution in [3.05, 3.63) is 30.1 Å². The van der Waals surface area contributed by atoms with E-state index in [4.69, 9.17) is 0 Å². The molecule has 0 N–H and O–H groups in total. The van der Waals surface area contributed by atoms with Crippen LogP contribution in [0.15, 0.2) is 18.6 Å². The Labute approximate surface area is 99.3 Å². The Kier molecular flexibility index (Phi) is 3.03. The molecule has 2 rings (SSSR count). The summed E-state index contributed by atoms with van der Waals surface area (Å²) in [6.45, 7) is 4.01. The van der Waals surface area contributed by atoms with Crippen LogP contribution >= 0.6 is 0 Å². The van der Waals surface area contributed by atoms with Gasteiger partial charge in [-0.1, -0.05) is 0 Å². The SMILES string of the molecule is CC(C)n1ncnc1CC(=O)c1ccn(C)n1. The minimum atomic E-state index is -0.0412. The van der Waals surface area contributed by atoms with Gasteiger partial charge in [0.05, 0.1) is 6.42 Å². The number of aryl methyl sites for hydroxylation is 1. The van der Waals surface area contributed by atoms with Gasteiger partial charge in [0.1, 0.15) is 17.8 Å². The summed E-state index contributed by atoms with van der Waals surface area (Å²) in [5, 5.41) is 8.17. The van der Waals surface area contributed by atoms with Crippen molar-refractivity contribution >= 4 is 5.78 Å². The Bertz CT molecular complexity index is 525. The molecule has 0 unspecified atom stereocenters. The average Bonchev–Trinajstić information content (AvgIpc) is 2.86. The van der Waals surface area contributed by atoms with E-state index >= 15 is 0 Å². The number of Topliss-reactive ketones (excluding diaryl/α,β-unsaturated/α-hetero) is 1. The molecule has 0 fully saturated rings. The minimum Gasteiger partial charge on any atom is -0.292 e. The first-order chi connectivity index (χ1) is 8.08. The van der Waals surface area contributed by atoms with Gasteiger partial charge in [-0.25, -0.2) is 9.67 Å². The second-order valence-corrected chi connectivity index (χ2v) is 4.19. The van der Waals surface area contributed by atoms with Gasteiger partial charge >= 0.3 is 0 Å². The third kappa shape index (κ3) is 2.41. The fourth-order valence-corrected chi connectivity index (χ4v) is 1.63. The molecule has 0 saturated carbocycles. The molecule has 0 bridgehead atoms. The summed E-state index contributed by atoms with van der Waals surface area (Å²) in [5.74, 6) is 0.635. The molecule has 2 aromatic heterocycles. The predicted octanol–water partition coefficient (Wildman–Crippen LogP) is 1.02. The molecule has 0 aromatic carbocycles. The predicted molar refractivity (Wildman–Crippen MR) is 61.6 cm³/mol. The number of rotatable bonds is 4. The molecule has 6 nitrogen and oxygen atoms in total. The lowest BCUT2D eigenvalue weighted by atomic mass is 10.2. The fraction of sp³-hybridized carbons (Fsp3) is 0.455. The molecular weight excluding hydrogens is 218 g/mol. The van der Waals surface area contributed by atoms with Crippen molar-refractivity contribution in [3.8, 4) is 0 Å². The van der Waals surface area contributed by atoms with Crippen LogP contribution in [0.3, 0.4) is 0 Å². The lowest BCUT2D eigenvalue weighted by molar-refractivity contribution is 0.0983. The molecule has 0 atom stereocenters. The Morgan fingerprint density at radius 3 is 2.82 bits per heavy atom. The van der Waals surface area contributed by atoms with Crippen LogP contribution in [0.5, 0.6) is 0 Å². The molecule has 0 aliphatic heterocycles. The summed E-state index contributed by atoms with van der Waals surface area (Å²) in [6, 6.07) is 1.90. The highest BCUT2D eigenvalue weighted by atomic mass is 16.1. The topological polar surface area (TPSA) is 65.6 Å². The standard InChI is InChI=1S/C11H15N5O/c1-8(2)16-11(12-7-13-16)6-10(17)9-4-5-15(3)14-9/h4-5,7-8H,6H2,1-3H3. The maximum absolute atomic E-state index is 11.9. The van der Waals surface area contributed by atoms with Crippen LogP contribution in [-0.2, 0) is 13.5 Å². The second-order valence-electron chi connectivity index (χ2n) is 4.19. The smallest absolute Gasteiger partial charge is 0.190 e. The molecule has 17 heavy (non-hydrogen) atoms. The third-order valence-corrected chi connectivity index (χ3v) is 2.45. The normalized spacial score (nSPS) is 11.1. The van der Waals surface area contributed by atoms with E-state index in [-0.39, 0.29) is 18.2 Å². The summed E-state index contributed by atoms with van der Waals surface area (Å²) < 4.78 is 3.36. The van der Waals surface area contributed by atoms with Gasteiger partial charge in [0.2, 0.25) is 0 Å². The highest BCUT2D eigenvalue weighted by molar-refractivity contribution is 5.95. The van der Waals surface area contributed by atoms with Gasteiger partial charge in [-0.2, -0.15) is 10.2 Å². The number of carbonyl (C=O) groups excluding carboxylic acids is 1. The van der Waals surface area contributed by atoms with Crippen molar-refractivity contribution in [1.82, 2.24) is 24.5 Å². The maximum atomic E-state index is 11.9. The molecule has 2 aromatic rings. The van der Waals surface area contributed by atoms with E-state index in [2.05, 4.69) is 15.2 Å². The van der Waals surface area contributed by atoms with Crippen molar-refractivity contribution in [2.45, 2.75) is 26.3 Å². The summed E-state index contributed by atoms with van der Waals surface area (Å²) in [7, 11) is 1.79. The zero-order chi connectivity index (χ0) is 12.4. The number of hydrogen-bond donors (Lipinski definition) is 0. The lowest BCUT2D eigenvalue weighted by Gasteiger charge is -2.07. The molecule has 0 aliphatic rings. The van der Waals surface area contributed by atoms with Crippen LogP contribution in [0.4, 0.5) is 0 Å². The van der Waals surface area contributed by atoms with E-state index < -0.39 is 0 Å². The van der Waals surface area contributed by atoms with Crippen LogP contribution in [0.1, 0.15) is 36.2 Å². The van der Waals surface area contributed by atoms with Crippen LogP contribution in [-0.4, -0.2) is 30.3 Å². The second kappa shape index (κ2) is 4.48. The monoisotopic (exact) mass is 233 g/mol. The molecule has 6 heteroatoms. The molecule has 2 heterocycles. The first-order valence-corrected chi connectivity index (χ1v) is 5.49. The minimum absolute atomic E-state index is 0.0412. The maximum Gasteiger partial charge on any atom is 0.190 e. The molecule has 0 saturated heterocycles. The van der Waals surface area contributed by atoms with E-state index in [0.717, 1.165) is 0 Å². The van der Waals surface area contributed by atoms with Crippen LogP contribution in [0.25, 0.3) is 0 Å². The Morgan fingerprint density at radius 1 is 1.47 bits per heavy atom. The Hall–Kier alpha value is -1.98. The van der Waals surface area contributed by atoms with E-state index in [1.807, 2.05) is 13.8 Å². The van der Waals surface area contributed by atoms with Crippen LogP contribution in [0.2, 0.25) is 0 Å². The number of hydrogen-bond acceptors (Lipinski definition) is 4. The fourth-order valence-electron chi connectivity index (χ4n) is 1.63. The summed E-state index contributed by atoms with van der Waals surface area (Å²) in [4.78, 5) is 16.0. The number of carbonyl (C=O) groups is 1. The molecular formula is C11H15N5O. The van der Waals surface area contributed by atoms with Crippen molar-refractivity contribution in [1.29, 1.82) is 0 Å². The van der Waals surface area contributed by atoms with Crippen molar-refractivity contribution in [2.75, 3.05) is 0 Å². The first kappa shape index (κ1) is 11.5. The zero-order valence-electron chi connectivity index (χ0n) is 10.2. The average molecular weight is 233 g/mol. The Morgan fingerprint density at radius 2 is 2.24 bits per heavy atom. The van der Waals surface area contributed by atoms with Gasteiger partial charge in [-0.3, -0.25) is 9.48 Å². The molecule has 90 valence electrons. The number of nitrogens with zero attached hydrogens (tertiary/aromatic N) is 5. The molecule has 0 amide bonds. The van der Waals surface area contributed by atoms with E-state index in [9.17, 15) is 4.79 Å². The van der Waals surface area contributed by atoms with Crippen molar-refractivity contribution in [3.63, 3.8) is 0 Å². The lowest BCUT2D eigenvalue weighted by Crippen LogP contribution is -2.13. The van der Waals surface area contributed by atoms with Crippen LogP contribution < -0.4 is 0 Å². The van der Waals surface area contributed by atoms with E-state index in [1.165, 1.54) is 6.33 Å². The highest BCUT2D eigenvalue weighted by Gasteiger charge is 2.15. The van der Waals surface area contributed by atoms with Gasteiger partial charge < -0.3 is 0 Å². The van der Waals surface area contributed by atoms with Gasteiger partial charge in [0.25, 0.3) is 0 Å². The molecule has 0 aliphatic carbocycles. The van der Waals surface area contributed by atoms with Gasteiger partial charge in [-0.05, 0) is 19.9 Å². The van der Waals surface area contributed by atoms with E-state index in [1.54, 1.807) is 28.7 Å². The summed E-state index contributed by atoms with van der Waals surface area (Å²) >= 11 is 0. The Balaban J connectivity index is 2.16. The summed E-state index contributed by atoms with van der Waals surface area (Å²) in [6.07, 6.45) is 3.45. The van der Waals surface area contributed by atoms with E-state index in [0.29, 0.717) is 11.5 Å². The van der Waals surface area contributed by atoms with Gasteiger partial charge in [-0.15, -0.1) is 0 Å². The van der Waals surface area contributed by atoms with Crippen molar-refractivity contribution < 1.29 is 4.79 Å². The molecule has 0 radical (unpaired) electrons. The number of ketones is 1. The van der Waals surface area contributed by atoms with Crippen molar-refractivity contribution in [2.24, 2.45) is 7.05 Å². The largest absolute Gasteiger partial charge is 0.292 e. The molecule has 0 spiro atoms. The summed E-state index contributed by atoms with van der Waals surface area (Å²) in [5.41, 5.74) is 0.464. The first-order valence-electron chi connectivity index (χ1n) is 5.49. The van der Waals surface area contributed by atoms with Gasteiger partial charge in [0, 0.05) is 19.3 Å². The van der Waals surface area contributed by atoms with Gasteiger partial charge in [0.15, 0.2) is 5.78 Å². The third-order valence-electron chi connectivity index (χ3n) is 2.45.